The predicted octanol–water partition coefficient (Wildman–Crippen LogP) is 3.08. The van der Waals surface area contributed by atoms with E-state index in [1.165, 1.54) is 0 Å². The van der Waals surface area contributed by atoms with Crippen LogP contribution in [0, 0.1) is 17.0 Å². The molecule has 0 saturated heterocycles. The molecular formula is C17H19N2O5S-. The van der Waals surface area contributed by atoms with Crippen molar-refractivity contribution in [3.8, 4) is 5.75 Å². The van der Waals surface area contributed by atoms with E-state index in [9.17, 15) is 23.6 Å². The third-order valence-electron chi connectivity index (χ3n) is 3.76. The lowest BCUT2D eigenvalue weighted by molar-refractivity contribution is -0.385. The highest BCUT2D eigenvalue weighted by atomic mass is 32.2. The fourth-order valence-electron chi connectivity index (χ4n) is 2.27. The summed E-state index contributed by atoms with van der Waals surface area (Å²) in [4.78, 5) is 10.2. The van der Waals surface area contributed by atoms with Gasteiger partial charge in [0.2, 0.25) is 0 Å². The molecule has 7 nitrogen and oxygen atoms in total. The lowest BCUT2D eigenvalue weighted by Crippen LogP contribution is -2.18. The first-order valence-electron chi connectivity index (χ1n) is 7.51. The Balaban J connectivity index is 2.51. The van der Waals surface area contributed by atoms with Crippen LogP contribution in [0.1, 0.15) is 31.9 Å². The topological polar surface area (TPSA) is 112 Å². The molecule has 2 rings (SSSR count). The zero-order chi connectivity index (χ0) is 19.0. The van der Waals surface area contributed by atoms with Crippen LogP contribution < -0.4 is 9.83 Å². The van der Waals surface area contributed by atoms with Crippen molar-refractivity contribution in [2.75, 3.05) is 4.72 Å². The molecule has 0 radical (unpaired) electrons. The Morgan fingerprint density at radius 1 is 1.08 bits per heavy atom. The minimum atomic E-state index is -4.06. The number of hydrogen-bond acceptors (Lipinski definition) is 5. The van der Waals surface area contributed by atoms with Gasteiger partial charge in [-0.3, -0.25) is 14.8 Å². The van der Waals surface area contributed by atoms with Gasteiger partial charge in [-0.25, -0.2) is 8.42 Å². The van der Waals surface area contributed by atoms with E-state index in [1.807, 2.05) is 26.8 Å². The predicted molar refractivity (Wildman–Crippen MR) is 93.2 cm³/mol. The Kier molecular flexibility index (Phi) is 4.76. The van der Waals surface area contributed by atoms with Gasteiger partial charge in [-0.05, 0) is 29.5 Å². The molecule has 134 valence electrons. The molecule has 25 heavy (non-hydrogen) atoms. The van der Waals surface area contributed by atoms with Crippen molar-refractivity contribution in [3.63, 3.8) is 0 Å². The largest absolute Gasteiger partial charge is 0.871 e. The number of benzene rings is 2. The third-order valence-corrected chi connectivity index (χ3v) is 5.27. The van der Waals surface area contributed by atoms with Crippen molar-refractivity contribution >= 4 is 21.4 Å². The number of aryl methyl sites for hydroxylation is 1. The second kappa shape index (κ2) is 6.36. The van der Waals surface area contributed by atoms with E-state index in [2.05, 4.69) is 4.72 Å². The Morgan fingerprint density at radius 3 is 2.28 bits per heavy atom. The highest BCUT2D eigenvalue weighted by Gasteiger charge is 2.22. The van der Waals surface area contributed by atoms with Gasteiger partial charge < -0.3 is 5.11 Å². The monoisotopic (exact) mass is 363 g/mol. The van der Waals surface area contributed by atoms with Crippen molar-refractivity contribution < 1.29 is 18.4 Å². The second-order valence-corrected chi connectivity index (χ2v) is 8.42. The molecule has 2 aromatic rings. The van der Waals surface area contributed by atoms with Gasteiger partial charge in [-0.2, -0.15) is 0 Å². The van der Waals surface area contributed by atoms with E-state index in [0.717, 1.165) is 23.8 Å². The number of sulfonamides is 1. The molecular weight excluding hydrogens is 344 g/mol. The minimum Gasteiger partial charge on any atom is -0.871 e. The zero-order valence-electron chi connectivity index (χ0n) is 14.4. The zero-order valence-corrected chi connectivity index (χ0v) is 15.2. The Hall–Kier alpha value is -2.61. The number of nitro groups is 1. The number of rotatable bonds is 4. The number of hydrogen-bond donors (Lipinski definition) is 1. The van der Waals surface area contributed by atoms with Crippen LogP contribution in [0.5, 0.6) is 5.75 Å². The fourth-order valence-corrected chi connectivity index (χ4v) is 3.60. The van der Waals surface area contributed by atoms with E-state index in [-0.39, 0.29) is 21.7 Å². The maximum Gasteiger partial charge on any atom is 0.271 e. The van der Waals surface area contributed by atoms with Crippen molar-refractivity contribution in [2.45, 2.75) is 38.0 Å². The quantitative estimate of drug-likeness (QED) is 0.662. The van der Waals surface area contributed by atoms with Crippen LogP contribution in [-0.2, 0) is 15.4 Å². The van der Waals surface area contributed by atoms with Crippen molar-refractivity contribution in [1.29, 1.82) is 0 Å². The van der Waals surface area contributed by atoms with E-state index in [4.69, 9.17) is 0 Å². The van der Waals surface area contributed by atoms with E-state index in [0.29, 0.717) is 5.56 Å². The highest BCUT2D eigenvalue weighted by molar-refractivity contribution is 7.92. The molecule has 1 N–H and O–H groups in total. The highest BCUT2D eigenvalue weighted by Crippen LogP contribution is 2.31. The van der Waals surface area contributed by atoms with E-state index >= 15 is 0 Å². The molecule has 0 heterocycles. The number of anilines is 1. The lowest BCUT2D eigenvalue weighted by Gasteiger charge is -2.21. The van der Waals surface area contributed by atoms with Gasteiger partial charge in [-0.1, -0.05) is 44.7 Å². The summed E-state index contributed by atoms with van der Waals surface area (Å²) in [6, 6.07) is 8.02. The summed E-state index contributed by atoms with van der Waals surface area (Å²) in [5.74, 6) is -0.640. The first-order valence-corrected chi connectivity index (χ1v) is 8.99. The van der Waals surface area contributed by atoms with E-state index < -0.39 is 20.7 Å². The normalized spacial score (nSPS) is 12.0. The van der Waals surface area contributed by atoms with Crippen LogP contribution in [0.25, 0.3) is 0 Å². The number of non-ortho nitro benzene ring substituents is 1. The van der Waals surface area contributed by atoms with Crippen LogP contribution in [0.2, 0.25) is 0 Å². The number of nitrogens with one attached hydrogen (secondary N) is 1. The summed E-state index contributed by atoms with van der Waals surface area (Å²) < 4.78 is 27.6. The minimum absolute atomic E-state index is 0.0332. The summed E-state index contributed by atoms with van der Waals surface area (Å²) >= 11 is 0. The van der Waals surface area contributed by atoms with Crippen molar-refractivity contribution in [3.05, 3.63) is 57.6 Å². The van der Waals surface area contributed by atoms with Gasteiger partial charge >= 0.3 is 0 Å². The SMILES string of the molecule is Cc1ccc(C(C)(C)C)cc1S(=O)(=O)Nc1cc([N+](=O)[O-])ccc1[O-]. The molecule has 0 bridgehead atoms. The summed E-state index contributed by atoms with van der Waals surface area (Å²) in [6.45, 7) is 7.51. The average Bonchev–Trinajstić information content (AvgIpc) is 2.48. The molecule has 0 amide bonds. The van der Waals surface area contributed by atoms with Crippen LogP contribution in [0.3, 0.4) is 0 Å². The molecule has 0 saturated carbocycles. The Morgan fingerprint density at radius 2 is 1.72 bits per heavy atom. The second-order valence-electron chi connectivity index (χ2n) is 6.77. The third kappa shape index (κ3) is 4.08. The molecule has 0 aliphatic rings. The molecule has 0 aliphatic carbocycles. The fraction of sp³-hybridized carbons (Fsp3) is 0.294. The standard InChI is InChI=1S/C17H20N2O5S/c1-11-5-6-12(17(2,3)4)9-16(11)25(23,24)18-14-10-13(19(21)22)7-8-15(14)20/h5-10,18,20H,1-4H3/p-1. The molecule has 0 aliphatic heterocycles. The molecule has 0 spiro atoms. The van der Waals surface area contributed by atoms with Gasteiger partial charge in [0.1, 0.15) is 0 Å². The molecule has 8 heteroatoms. The molecule has 2 aromatic carbocycles. The van der Waals surface area contributed by atoms with Crippen LogP contribution in [0.4, 0.5) is 11.4 Å². The maximum atomic E-state index is 12.7. The molecule has 0 unspecified atom stereocenters. The summed E-state index contributed by atoms with van der Waals surface area (Å²) in [7, 11) is -4.06. The summed E-state index contributed by atoms with van der Waals surface area (Å²) in [6.07, 6.45) is 0. The first-order chi connectivity index (χ1) is 11.4. The first kappa shape index (κ1) is 18.7. The lowest BCUT2D eigenvalue weighted by atomic mass is 9.87. The van der Waals surface area contributed by atoms with Gasteiger partial charge in [0.05, 0.1) is 9.82 Å². The van der Waals surface area contributed by atoms with Gasteiger partial charge in [-0.15, -0.1) is 0 Å². The van der Waals surface area contributed by atoms with Crippen molar-refractivity contribution in [1.82, 2.24) is 0 Å². The van der Waals surface area contributed by atoms with Crippen molar-refractivity contribution in [2.24, 2.45) is 0 Å². The van der Waals surface area contributed by atoms with Crippen LogP contribution in [0.15, 0.2) is 41.3 Å². The van der Waals surface area contributed by atoms with E-state index in [1.54, 1.807) is 19.1 Å². The van der Waals surface area contributed by atoms with Gasteiger partial charge in [0.15, 0.2) is 0 Å². The number of nitro benzene ring substituents is 1. The molecule has 0 fully saturated rings. The van der Waals surface area contributed by atoms with Gasteiger partial charge in [0.25, 0.3) is 15.7 Å². The maximum absolute atomic E-state index is 12.7. The summed E-state index contributed by atoms with van der Waals surface area (Å²) in [5.41, 5.74) is 0.359. The van der Waals surface area contributed by atoms with Crippen LogP contribution in [-0.4, -0.2) is 13.3 Å². The molecule has 0 atom stereocenters. The average molecular weight is 363 g/mol. The Labute approximate surface area is 146 Å². The molecule has 0 aromatic heterocycles. The number of nitrogens with zero attached hydrogens (tertiary/aromatic N) is 1. The summed E-state index contributed by atoms with van der Waals surface area (Å²) in [5, 5.41) is 22.7. The smallest absolute Gasteiger partial charge is 0.271 e. The van der Waals surface area contributed by atoms with Crippen LogP contribution >= 0.6 is 0 Å². The Bertz CT molecular complexity index is 931. The van der Waals surface area contributed by atoms with Gasteiger partial charge in [0, 0.05) is 17.8 Å².